The highest BCUT2D eigenvalue weighted by atomic mass is 32.2. The zero-order valence-corrected chi connectivity index (χ0v) is 41.9. The minimum absolute atomic E-state index is 0.529. The summed E-state index contributed by atoms with van der Waals surface area (Å²) in [7, 11) is 0. The zero-order chi connectivity index (χ0) is 47.5. The molecule has 0 nitrogen and oxygen atoms in total. The smallest absolute Gasteiger partial charge is 0.0349 e. The Kier molecular flexibility index (Phi) is 15.3. The summed E-state index contributed by atoms with van der Waals surface area (Å²) in [5.74, 6) is 0.529. The Labute approximate surface area is 418 Å². The number of fused-ring (bicyclic) bond motifs is 2. The molecular formula is C67H60S2. The van der Waals surface area contributed by atoms with E-state index < -0.39 is 0 Å². The third-order valence-corrected chi connectivity index (χ3v) is 15.4. The van der Waals surface area contributed by atoms with Crippen molar-refractivity contribution in [3.8, 4) is 65.4 Å². The van der Waals surface area contributed by atoms with Gasteiger partial charge in [0.05, 0.1) is 0 Å². The Bertz CT molecular complexity index is 3320. The minimum Gasteiger partial charge on any atom is -0.135 e. The highest BCUT2D eigenvalue weighted by Crippen LogP contribution is 2.51. The summed E-state index contributed by atoms with van der Waals surface area (Å²) < 4.78 is 0. The molecule has 69 heavy (non-hydrogen) atoms. The minimum atomic E-state index is 0.529. The topological polar surface area (TPSA) is 0 Å². The second-order valence-corrected chi connectivity index (χ2v) is 19.5. The lowest BCUT2D eigenvalue weighted by atomic mass is 9.79. The maximum atomic E-state index is 4.36. The molecule has 0 bridgehead atoms. The van der Waals surface area contributed by atoms with Crippen LogP contribution < -0.4 is 0 Å². The van der Waals surface area contributed by atoms with Gasteiger partial charge in [-0.3, -0.25) is 0 Å². The molecular weight excluding hydrogens is 869 g/mol. The van der Waals surface area contributed by atoms with Gasteiger partial charge in [0.25, 0.3) is 0 Å². The number of hydrogen-bond donors (Lipinski definition) is 0. The Morgan fingerprint density at radius 3 is 1.72 bits per heavy atom. The van der Waals surface area contributed by atoms with Crippen LogP contribution in [0.25, 0.3) is 93.0 Å². The molecule has 0 unspecified atom stereocenters. The standard InChI is InChI=1S/C65H54S2.C2H6/c1-45-18-7-4-8-20-48(45)33-30-46(2)59(66-3)29-17-19-47-31-34-53(35-32-47)64-62(51-22-9-5-10-23-51)57-27-15-16-28-58(57)63(52-24-11-6-12-25-52)65(64)54-39-37-50(38-40-54)60-42-43-61(67-60)56-41-36-49-21-13-14-26-55(49)44-56;1-2/h5-7,9-19,21-32,34-44,48H,1,4,8,20,33H2,2-3H3;1-2H3/b19-17+,46-30+,59-29-;/t48-;/m1./s1. The first kappa shape index (κ1) is 47.1. The Morgan fingerprint density at radius 2 is 1.10 bits per heavy atom. The molecule has 0 aliphatic heterocycles. The molecule has 1 atom stereocenters. The van der Waals surface area contributed by atoms with Crippen LogP contribution in [0.5, 0.6) is 0 Å². The lowest BCUT2D eigenvalue weighted by Crippen LogP contribution is -1.99. The van der Waals surface area contributed by atoms with E-state index in [4.69, 9.17) is 0 Å². The fraction of sp³-hybridized carbons (Fsp3) is 0.134. The van der Waals surface area contributed by atoms with Crippen LogP contribution in [0.15, 0.2) is 241 Å². The van der Waals surface area contributed by atoms with Crippen LogP contribution in [0.1, 0.15) is 52.0 Å². The molecule has 10 rings (SSSR count). The first-order valence-electron chi connectivity index (χ1n) is 24.5. The fourth-order valence-corrected chi connectivity index (χ4v) is 11.3. The molecule has 0 saturated carbocycles. The molecule has 340 valence electrons. The summed E-state index contributed by atoms with van der Waals surface area (Å²) in [6, 6.07) is 69.3. The van der Waals surface area contributed by atoms with E-state index in [0.717, 1.165) is 12.8 Å². The van der Waals surface area contributed by atoms with Crippen molar-refractivity contribution < 1.29 is 0 Å². The van der Waals surface area contributed by atoms with Gasteiger partial charge in [-0.15, -0.1) is 23.1 Å². The van der Waals surface area contributed by atoms with Gasteiger partial charge in [0.2, 0.25) is 0 Å². The average molecular weight is 929 g/mol. The van der Waals surface area contributed by atoms with Crippen LogP contribution in [0.3, 0.4) is 0 Å². The van der Waals surface area contributed by atoms with Crippen molar-refractivity contribution in [2.45, 2.75) is 46.5 Å². The largest absolute Gasteiger partial charge is 0.135 e. The Hall–Kier alpha value is -6.97. The van der Waals surface area contributed by atoms with E-state index in [1.807, 2.05) is 36.9 Å². The second kappa shape index (κ2) is 22.4. The number of hydrogen-bond acceptors (Lipinski definition) is 2. The molecule has 0 saturated heterocycles. The van der Waals surface area contributed by atoms with E-state index in [0.29, 0.717) is 5.92 Å². The quantitative estimate of drug-likeness (QED) is 0.110. The van der Waals surface area contributed by atoms with Crippen molar-refractivity contribution in [3.05, 3.63) is 247 Å². The molecule has 0 amide bonds. The number of allylic oxidation sites excluding steroid dienone is 7. The molecule has 1 aliphatic rings. The van der Waals surface area contributed by atoms with Gasteiger partial charge >= 0.3 is 0 Å². The monoisotopic (exact) mass is 928 g/mol. The van der Waals surface area contributed by atoms with Gasteiger partial charge in [-0.25, -0.2) is 0 Å². The van der Waals surface area contributed by atoms with Gasteiger partial charge in [0.1, 0.15) is 0 Å². The van der Waals surface area contributed by atoms with Gasteiger partial charge < -0.3 is 0 Å². The summed E-state index contributed by atoms with van der Waals surface area (Å²) in [5.41, 5.74) is 16.0. The van der Waals surface area contributed by atoms with Crippen molar-refractivity contribution in [3.63, 3.8) is 0 Å². The summed E-state index contributed by atoms with van der Waals surface area (Å²) in [4.78, 5) is 3.83. The predicted molar refractivity (Wildman–Crippen MR) is 308 cm³/mol. The first-order chi connectivity index (χ1) is 34.0. The highest BCUT2D eigenvalue weighted by molar-refractivity contribution is 8.02. The summed E-state index contributed by atoms with van der Waals surface area (Å²) in [6.07, 6.45) is 20.4. The highest BCUT2D eigenvalue weighted by Gasteiger charge is 2.24. The fourth-order valence-electron chi connectivity index (χ4n) is 9.71. The van der Waals surface area contributed by atoms with Gasteiger partial charge in [-0.05, 0) is 157 Å². The third-order valence-electron chi connectivity index (χ3n) is 13.3. The lowest BCUT2D eigenvalue weighted by molar-refractivity contribution is 0.563. The van der Waals surface area contributed by atoms with Crippen LogP contribution in [0, 0.1) is 5.92 Å². The SMILES string of the molecule is C=C1C=CCCC[C@@H]1C/C=C(C)/C(=C/C=C/c1ccc(-c2c(-c3ccc(-c4ccc(-c5ccc6ccccc6c5)s4)cc3)c(-c3ccccc3)c3ccccc3c2-c2ccccc2)cc1)SC.CC. The van der Waals surface area contributed by atoms with Crippen molar-refractivity contribution in [2.24, 2.45) is 5.92 Å². The maximum absolute atomic E-state index is 4.36. The number of thioether (sulfide) groups is 1. The number of benzene rings is 8. The number of rotatable bonds is 12. The summed E-state index contributed by atoms with van der Waals surface area (Å²) >= 11 is 3.66. The van der Waals surface area contributed by atoms with Crippen molar-refractivity contribution in [1.82, 2.24) is 0 Å². The van der Waals surface area contributed by atoms with Gasteiger partial charge in [0.15, 0.2) is 0 Å². The van der Waals surface area contributed by atoms with E-state index in [-0.39, 0.29) is 0 Å². The van der Waals surface area contributed by atoms with Crippen molar-refractivity contribution >= 4 is 50.7 Å². The van der Waals surface area contributed by atoms with Gasteiger partial charge in [-0.2, -0.15) is 0 Å². The van der Waals surface area contributed by atoms with E-state index in [9.17, 15) is 0 Å². The summed E-state index contributed by atoms with van der Waals surface area (Å²) in [6.45, 7) is 10.6. The molecule has 2 heteroatoms. The van der Waals surface area contributed by atoms with Crippen molar-refractivity contribution in [2.75, 3.05) is 6.26 Å². The van der Waals surface area contributed by atoms with Crippen LogP contribution in [-0.4, -0.2) is 6.26 Å². The molecule has 1 aromatic heterocycles. The Morgan fingerprint density at radius 1 is 0.580 bits per heavy atom. The molecule has 0 spiro atoms. The molecule has 0 fully saturated rings. The molecule has 9 aromatic rings. The van der Waals surface area contributed by atoms with E-state index in [2.05, 4.69) is 244 Å². The predicted octanol–water partition coefficient (Wildman–Crippen LogP) is 20.6. The lowest BCUT2D eigenvalue weighted by Gasteiger charge is -2.24. The van der Waals surface area contributed by atoms with Crippen LogP contribution in [0.4, 0.5) is 0 Å². The molecule has 1 heterocycles. The van der Waals surface area contributed by atoms with E-state index in [1.165, 1.54) is 121 Å². The van der Waals surface area contributed by atoms with E-state index in [1.54, 1.807) is 0 Å². The average Bonchev–Trinajstić information content (AvgIpc) is 3.82. The van der Waals surface area contributed by atoms with Gasteiger partial charge in [0, 0.05) is 14.7 Å². The second-order valence-electron chi connectivity index (χ2n) is 17.5. The van der Waals surface area contributed by atoms with Crippen LogP contribution >= 0.6 is 23.1 Å². The molecule has 0 N–H and O–H groups in total. The summed E-state index contributed by atoms with van der Waals surface area (Å²) in [5, 5.41) is 5.01. The first-order valence-corrected chi connectivity index (χ1v) is 26.5. The van der Waals surface area contributed by atoms with E-state index >= 15 is 0 Å². The Balaban J connectivity index is 0.00000293. The van der Waals surface area contributed by atoms with Gasteiger partial charge in [-0.1, -0.05) is 226 Å². The molecule has 0 radical (unpaired) electrons. The van der Waals surface area contributed by atoms with Crippen LogP contribution in [0.2, 0.25) is 0 Å². The normalized spacial score (nSPS) is 14.3. The third kappa shape index (κ3) is 10.5. The van der Waals surface area contributed by atoms with Crippen LogP contribution in [-0.2, 0) is 0 Å². The van der Waals surface area contributed by atoms with Crippen molar-refractivity contribution in [1.29, 1.82) is 0 Å². The maximum Gasteiger partial charge on any atom is 0.0349 e. The molecule has 1 aliphatic carbocycles. The number of thiophene rings is 1. The molecule has 8 aromatic carbocycles. The zero-order valence-electron chi connectivity index (χ0n) is 40.3.